The van der Waals surface area contributed by atoms with Crippen LogP contribution in [0.4, 0.5) is 0 Å². The summed E-state index contributed by atoms with van der Waals surface area (Å²) in [5, 5.41) is 8.25. The third kappa shape index (κ3) is 3.30. The molecule has 0 N–H and O–H groups in total. The minimum atomic E-state index is 0.152. The maximum absolute atomic E-state index is 6.03. The molecule has 2 aromatic heterocycles. The van der Waals surface area contributed by atoms with Crippen molar-refractivity contribution in [2.75, 3.05) is 19.7 Å². The number of halogens is 1. The molecular formula is C11H14ClN5OS. The van der Waals surface area contributed by atoms with Gasteiger partial charge in [-0.25, -0.2) is 0 Å². The lowest BCUT2D eigenvalue weighted by Crippen LogP contribution is -2.43. The number of nitrogens with zero attached hydrogens (tertiary/aromatic N) is 5. The van der Waals surface area contributed by atoms with Crippen LogP contribution >= 0.6 is 23.1 Å². The van der Waals surface area contributed by atoms with Gasteiger partial charge in [0.15, 0.2) is 0 Å². The summed E-state index contributed by atoms with van der Waals surface area (Å²) in [6.45, 7) is 3.97. The monoisotopic (exact) mass is 299 g/mol. The highest BCUT2D eigenvalue weighted by atomic mass is 35.5. The minimum absolute atomic E-state index is 0.152. The third-order valence-corrected chi connectivity index (χ3v) is 4.04. The maximum atomic E-state index is 6.03. The Kier molecular flexibility index (Phi) is 4.07. The van der Waals surface area contributed by atoms with Crippen molar-refractivity contribution < 1.29 is 4.74 Å². The van der Waals surface area contributed by atoms with Crippen molar-refractivity contribution in [3.05, 3.63) is 28.5 Å². The zero-order valence-electron chi connectivity index (χ0n) is 10.3. The average molecular weight is 300 g/mol. The van der Waals surface area contributed by atoms with Crippen LogP contribution in [0.5, 0.6) is 0 Å². The van der Waals surface area contributed by atoms with Gasteiger partial charge in [0.25, 0.3) is 0 Å². The van der Waals surface area contributed by atoms with Crippen LogP contribution in [0, 0.1) is 0 Å². The first-order valence-electron chi connectivity index (χ1n) is 6.09. The molecule has 0 radical (unpaired) electrons. The molecule has 0 unspecified atom stereocenters. The quantitative estimate of drug-likeness (QED) is 0.851. The molecule has 0 amide bonds. The van der Waals surface area contributed by atoms with Gasteiger partial charge >= 0.3 is 0 Å². The molecule has 2 aromatic rings. The van der Waals surface area contributed by atoms with Gasteiger partial charge in [-0.05, 0) is 6.07 Å². The fourth-order valence-corrected chi connectivity index (χ4v) is 2.77. The summed E-state index contributed by atoms with van der Waals surface area (Å²) in [6.07, 6.45) is 3.88. The number of hydrogen-bond donors (Lipinski definition) is 0. The molecule has 0 bridgehead atoms. The Morgan fingerprint density at radius 3 is 3.21 bits per heavy atom. The zero-order valence-corrected chi connectivity index (χ0v) is 11.8. The summed E-state index contributed by atoms with van der Waals surface area (Å²) >= 11 is 7.26. The van der Waals surface area contributed by atoms with E-state index in [0.29, 0.717) is 4.34 Å². The van der Waals surface area contributed by atoms with E-state index in [0.717, 1.165) is 38.5 Å². The van der Waals surface area contributed by atoms with Crippen LogP contribution in [-0.2, 0) is 17.8 Å². The van der Waals surface area contributed by atoms with Gasteiger partial charge in [0.2, 0.25) is 0 Å². The second-order valence-electron chi connectivity index (χ2n) is 4.45. The van der Waals surface area contributed by atoms with Crippen LogP contribution in [0.3, 0.4) is 0 Å². The molecule has 1 aliphatic heterocycles. The Labute approximate surface area is 120 Å². The van der Waals surface area contributed by atoms with Gasteiger partial charge in [0.05, 0.1) is 19.3 Å². The van der Waals surface area contributed by atoms with E-state index in [1.54, 1.807) is 6.20 Å². The number of hydrogen-bond acceptors (Lipinski definition) is 6. The van der Waals surface area contributed by atoms with Crippen LogP contribution in [-0.4, -0.2) is 50.1 Å². The Morgan fingerprint density at radius 1 is 1.53 bits per heavy atom. The zero-order chi connectivity index (χ0) is 13.1. The predicted octanol–water partition coefficient (Wildman–Crippen LogP) is 1.29. The van der Waals surface area contributed by atoms with Crippen molar-refractivity contribution >= 4 is 23.1 Å². The van der Waals surface area contributed by atoms with E-state index in [9.17, 15) is 0 Å². The first-order valence-corrected chi connectivity index (χ1v) is 7.24. The van der Waals surface area contributed by atoms with E-state index in [1.165, 1.54) is 11.5 Å². The largest absolute Gasteiger partial charge is 0.374 e. The molecule has 19 heavy (non-hydrogen) atoms. The highest BCUT2D eigenvalue weighted by Crippen LogP contribution is 2.20. The van der Waals surface area contributed by atoms with Gasteiger partial charge < -0.3 is 4.74 Å². The van der Waals surface area contributed by atoms with Crippen LogP contribution in [0.15, 0.2) is 18.5 Å². The lowest BCUT2D eigenvalue weighted by atomic mass is 10.2. The normalized spacial score (nSPS) is 20.8. The van der Waals surface area contributed by atoms with Crippen LogP contribution in [0.2, 0.25) is 4.34 Å². The lowest BCUT2D eigenvalue weighted by Gasteiger charge is -2.32. The Hall–Kier alpha value is -1.02. The van der Waals surface area contributed by atoms with E-state index in [1.807, 2.05) is 16.9 Å². The van der Waals surface area contributed by atoms with Gasteiger partial charge in [0.1, 0.15) is 10.0 Å². The van der Waals surface area contributed by atoms with Crippen LogP contribution in [0.1, 0.15) is 5.69 Å². The molecule has 3 rings (SSSR count). The van der Waals surface area contributed by atoms with Crippen molar-refractivity contribution in [2.24, 2.45) is 0 Å². The number of ether oxygens (including phenoxy) is 1. The maximum Gasteiger partial charge on any atom is 0.138 e. The molecule has 3 heterocycles. The number of rotatable bonds is 4. The van der Waals surface area contributed by atoms with E-state index in [2.05, 4.69) is 19.6 Å². The summed E-state index contributed by atoms with van der Waals surface area (Å²) in [7, 11) is 0. The molecule has 0 saturated carbocycles. The molecule has 8 heteroatoms. The van der Waals surface area contributed by atoms with E-state index < -0.39 is 0 Å². The highest BCUT2D eigenvalue weighted by molar-refractivity contribution is 7.10. The summed E-state index contributed by atoms with van der Waals surface area (Å²) in [4.78, 5) is 2.29. The minimum Gasteiger partial charge on any atom is -0.374 e. The number of morpholine rings is 1. The van der Waals surface area contributed by atoms with Crippen molar-refractivity contribution in [3.8, 4) is 0 Å². The van der Waals surface area contributed by atoms with Gasteiger partial charge in [-0.1, -0.05) is 16.1 Å². The Bertz CT molecular complexity index is 517. The van der Waals surface area contributed by atoms with Gasteiger partial charge in [-0.2, -0.15) is 5.10 Å². The average Bonchev–Trinajstić information content (AvgIpc) is 3.03. The fraction of sp³-hybridized carbons (Fsp3) is 0.545. The Balaban J connectivity index is 1.57. The first kappa shape index (κ1) is 13.0. The Morgan fingerprint density at radius 2 is 2.47 bits per heavy atom. The second kappa shape index (κ2) is 5.96. The van der Waals surface area contributed by atoms with Crippen LogP contribution in [0.25, 0.3) is 0 Å². The van der Waals surface area contributed by atoms with Crippen molar-refractivity contribution in [1.82, 2.24) is 24.3 Å². The molecule has 1 fully saturated rings. The summed E-state index contributed by atoms with van der Waals surface area (Å²) < 4.78 is 12.2. The van der Waals surface area contributed by atoms with Gasteiger partial charge in [0, 0.05) is 43.6 Å². The molecule has 1 aliphatic rings. The molecule has 6 nitrogen and oxygen atoms in total. The van der Waals surface area contributed by atoms with E-state index in [-0.39, 0.29) is 6.10 Å². The summed E-state index contributed by atoms with van der Waals surface area (Å²) in [5.74, 6) is 0. The third-order valence-electron chi connectivity index (χ3n) is 3.06. The van der Waals surface area contributed by atoms with Crippen LogP contribution < -0.4 is 0 Å². The van der Waals surface area contributed by atoms with E-state index in [4.69, 9.17) is 16.3 Å². The van der Waals surface area contributed by atoms with Crippen molar-refractivity contribution in [1.29, 1.82) is 0 Å². The topological polar surface area (TPSA) is 56.1 Å². The summed E-state index contributed by atoms with van der Waals surface area (Å²) in [6, 6.07) is 1.92. The first-order chi connectivity index (χ1) is 9.31. The van der Waals surface area contributed by atoms with E-state index >= 15 is 0 Å². The number of aromatic nitrogens is 4. The smallest absolute Gasteiger partial charge is 0.138 e. The molecule has 1 saturated heterocycles. The molecular weight excluding hydrogens is 286 g/mol. The fourth-order valence-electron chi connectivity index (χ4n) is 2.15. The predicted molar refractivity (Wildman–Crippen MR) is 72.2 cm³/mol. The molecule has 1 atom stereocenters. The summed E-state index contributed by atoms with van der Waals surface area (Å²) in [5.41, 5.74) is 0.853. The highest BCUT2D eigenvalue weighted by Gasteiger charge is 2.22. The second-order valence-corrected chi connectivity index (χ2v) is 5.81. The van der Waals surface area contributed by atoms with Crippen molar-refractivity contribution in [2.45, 2.75) is 19.2 Å². The lowest BCUT2D eigenvalue weighted by molar-refractivity contribution is -0.0405. The SMILES string of the molecule is Clc1snnc1CN1CCO[C@@H](Cn2cccn2)C1. The van der Waals surface area contributed by atoms with Crippen molar-refractivity contribution in [3.63, 3.8) is 0 Å². The van der Waals surface area contributed by atoms with Gasteiger partial charge in [-0.15, -0.1) is 5.10 Å². The molecule has 0 spiro atoms. The van der Waals surface area contributed by atoms with Gasteiger partial charge in [-0.3, -0.25) is 9.58 Å². The standard InChI is InChI=1S/C11H14ClN5OS/c12-11-10(14-15-19-11)8-16-4-5-18-9(6-16)7-17-3-1-2-13-17/h1-3,9H,4-8H2/t9-/m1/s1. The molecule has 0 aliphatic carbocycles. The molecule has 102 valence electrons. The molecule has 0 aromatic carbocycles.